The molecule has 23 heavy (non-hydrogen) atoms. The molecule has 0 bridgehead atoms. The maximum Gasteiger partial charge on any atom is 0.513 e. The van der Waals surface area contributed by atoms with Crippen molar-refractivity contribution in [2.75, 3.05) is 6.61 Å². The van der Waals surface area contributed by atoms with Gasteiger partial charge in [0.15, 0.2) is 0 Å². The predicted molar refractivity (Wildman–Crippen MR) is 86.0 cm³/mol. The number of carbonyl (C=O) groups excluding carboxylic acids is 1. The molecule has 0 saturated heterocycles. The van der Waals surface area contributed by atoms with Crippen LogP contribution in [0.2, 0.25) is 0 Å². The third kappa shape index (κ3) is 4.12. The van der Waals surface area contributed by atoms with E-state index in [1.807, 2.05) is 26.8 Å². The summed E-state index contributed by atoms with van der Waals surface area (Å²) in [5.41, 5.74) is 2.64. The van der Waals surface area contributed by atoms with Crippen LogP contribution in [0.3, 0.4) is 0 Å². The van der Waals surface area contributed by atoms with Crippen molar-refractivity contribution in [3.63, 3.8) is 0 Å². The van der Waals surface area contributed by atoms with Crippen LogP contribution in [0.4, 0.5) is 9.18 Å². The highest BCUT2D eigenvalue weighted by Gasteiger charge is 2.28. The molecule has 1 aromatic rings. The molecule has 1 N–H and O–H groups in total. The average Bonchev–Trinajstić information content (AvgIpc) is 2.49. The van der Waals surface area contributed by atoms with E-state index in [0.29, 0.717) is 5.76 Å². The van der Waals surface area contributed by atoms with Gasteiger partial charge in [-0.3, -0.25) is 0 Å². The van der Waals surface area contributed by atoms with Crippen LogP contribution in [0.25, 0.3) is 0 Å². The zero-order valence-electron chi connectivity index (χ0n) is 13.9. The molecule has 0 saturated carbocycles. The third-order valence-corrected chi connectivity index (χ3v) is 3.56. The fourth-order valence-corrected chi connectivity index (χ4v) is 2.51. The van der Waals surface area contributed by atoms with E-state index in [4.69, 9.17) is 9.47 Å². The summed E-state index contributed by atoms with van der Waals surface area (Å²) in [6.45, 7) is 7.93. The monoisotopic (exact) mass is 319 g/mol. The van der Waals surface area contributed by atoms with E-state index in [2.05, 4.69) is 5.32 Å². The number of carbonyl (C=O) groups is 1. The molecule has 0 spiro atoms. The third-order valence-electron chi connectivity index (χ3n) is 3.56. The Morgan fingerprint density at radius 2 is 1.96 bits per heavy atom. The van der Waals surface area contributed by atoms with Crippen molar-refractivity contribution in [3.05, 3.63) is 58.9 Å². The van der Waals surface area contributed by atoms with E-state index < -0.39 is 6.16 Å². The van der Waals surface area contributed by atoms with E-state index in [0.717, 1.165) is 17.0 Å². The molecular weight excluding hydrogens is 297 g/mol. The van der Waals surface area contributed by atoms with Crippen molar-refractivity contribution in [1.29, 1.82) is 0 Å². The SMILES string of the molecule is CCOC(=O)OC1=C(C(C)C)NC(C)=CC1c1ccc(F)cc1. The van der Waals surface area contributed by atoms with Crippen LogP contribution in [0, 0.1) is 11.7 Å². The molecule has 1 heterocycles. The fraction of sp³-hybridized carbons (Fsp3) is 0.389. The molecule has 0 amide bonds. The van der Waals surface area contributed by atoms with Gasteiger partial charge in [-0.2, -0.15) is 0 Å². The van der Waals surface area contributed by atoms with Gasteiger partial charge in [0.1, 0.15) is 11.6 Å². The highest BCUT2D eigenvalue weighted by atomic mass is 19.1. The average molecular weight is 319 g/mol. The Morgan fingerprint density at radius 1 is 1.30 bits per heavy atom. The molecule has 4 nitrogen and oxygen atoms in total. The van der Waals surface area contributed by atoms with Gasteiger partial charge in [-0.25, -0.2) is 9.18 Å². The molecule has 1 unspecified atom stereocenters. The Labute approximate surface area is 136 Å². The second kappa shape index (κ2) is 7.31. The second-order valence-electron chi connectivity index (χ2n) is 5.72. The number of rotatable bonds is 4. The summed E-state index contributed by atoms with van der Waals surface area (Å²) in [6.07, 6.45) is 1.22. The first-order valence-corrected chi connectivity index (χ1v) is 7.72. The van der Waals surface area contributed by atoms with E-state index >= 15 is 0 Å². The number of hydrogen-bond donors (Lipinski definition) is 1. The lowest BCUT2D eigenvalue weighted by Crippen LogP contribution is -2.27. The van der Waals surface area contributed by atoms with Crippen molar-refractivity contribution in [1.82, 2.24) is 5.32 Å². The minimum atomic E-state index is -0.734. The first-order chi connectivity index (χ1) is 10.9. The van der Waals surface area contributed by atoms with Gasteiger partial charge in [0, 0.05) is 5.70 Å². The van der Waals surface area contributed by atoms with Crippen LogP contribution >= 0.6 is 0 Å². The zero-order chi connectivity index (χ0) is 17.0. The summed E-state index contributed by atoms with van der Waals surface area (Å²) in [5.74, 6) is 0.0599. The maximum atomic E-state index is 13.2. The van der Waals surface area contributed by atoms with Gasteiger partial charge in [-0.05, 0) is 37.5 Å². The summed E-state index contributed by atoms with van der Waals surface area (Å²) in [6, 6.07) is 6.19. The molecule has 1 aliphatic heterocycles. The summed E-state index contributed by atoms with van der Waals surface area (Å²) in [5, 5.41) is 3.26. The lowest BCUT2D eigenvalue weighted by molar-refractivity contribution is 0.0768. The van der Waals surface area contributed by atoms with E-state index in [-0.39, 0.29) is 24.3 Å². The molecule has 0 aromatic heterocycles. The topological polar surface area (TPSA) is 47.6 Å². The molecule has 1 aromatic carbocycles. The molecule has 2 rings (SSSR count). The molecule has 0 fully saturated rings. The maximum absolute atomic E-state index is 13.2. The first-order valence-electron chi connectivity index (χ1n) is 7.72. The van der Waals surface area contributed by atoms with Crippen molar-refractivity contribution in [3.8, 4) is 0 Å². The number of ether oxygens (including phenoxy) is 2. The molecule has 0 aliphatic carbocycles. The number of hydrogen-bond acceptors (Lipinski definition) is 4. The summed E-state index contributed by atoms with van der Waals surface area (Å²) >= 11 is 0. The predicted octanol–water partition coefficient (Wildman–Crippen LogP) is 4.46. The smallest absolute Gasteiger partial charge is 0.434 e. The Hall–Kier alpha value is -2.30. The number of nitrogens with one attached hydrogen (secondary N) is 1. The van der Waals surface area contributed by atoms with Gasteiger partial charge < -0.3 is 14.8 Å². The van der Waals surface area contributed by atoms with Crippen LogP contribution < -0.4 is 5.32 Å². The van der Waals surface area contributed by atoms with Gasteiger partial charge in [0.05, 0.1) is 18.2 Å². The van der Waals surface area contributed by atoms with Crippen molar-refractivity contribution >= 4 is 6.16 Å². The quantitative estimate of drug-likeness (QED) is 0.833. The van der Waals surface area contributed by atoms with Gasteiger partial charge in [-0.15, -0.1) is 0 Å². The van der Waals surface area contributed by atoms with E-state index in [1.54, 1.807) is 19.1 Å². The largest absolute Gasteiger partial charge is 0.513 e. The molecule has 124 valence electrons. The lowest BCUT2D eigenvalue weighted by Gasteiger charge is -2.29. The van der Waals surface area contributed by atoms with Crippen LogP contribution in [-0.2, 0) is 9.47 Å². The minimum Gasteiger partial charge on any atom is -0.434 e. The first kappa shape index (κ1) is 17.1. The summed E-state index contributed by atoms with van der Waals surface area (Å²) < 4.78 is 23.6. The fourth-order valence-electron chi connectivity index (χ4n) is 2.51. The van der Waals surface area contributed by atoms with E-state index in [1.165, 1.54) is 12.1 Å². The number of dihydropyridines is 1. The van der Waals surface area contributed by atoms with Gasteiger partial charge in [0.25, 0.3) is 0 Å². The van der Waals surface area contributed by atoms with Crippen LogP contribution in [-0.4, -0.2) is 12.8 Å². The standard InChI is InChI=1S/C18H22FNO3/c1-5-22-18(21)23-17-15(13-6-8-14(19)9-7-13)10-12(4)20-16(17)11(2)3/h6-11,15,20H,5H2,1-4H3. The molecule has 1 aliphatic rings. The Morgan fingerprint density at radius 3 is 2.52 bits per heavy atom. The molecule has 1 atom stereocenters. The van der Waals surface area contributed by atoms with Crippen molar-refractivity contribution in [2.24, 2.45) is 5.92 Å². The summed E-state index contributed by atoms with van der Waals surface area (Å²) in [7, 11) is 0. The molecule has 5 heteroatoms. The highest BCUT2D eigenvalue weighted by Crippen LogP contribution is 2.35. The molecular formula is C18H22FNO3. The Kier molecular flexibility index (Phi) is 5.42. The number of halogens is 1. The van der Waals surface area contributed by atoms with Crippen LogP contribution in [0.15, 0.2) is 47.5 Å². The second-order valence-corrected chi connectivity index (χ2v) is 5.72. The zero-order valence-corrected chi connectivity index (χ0v) is 13.9. The normalized spacial score (nSPS) is 17.7. The summed E-state index contributed by atoms with van der Waals surface area (Å²) in [4.78, 5) is 11.8. The molecule has 0 radical (unpaired) electrons. The van der Waals surface area contributed by atoms with Gasteiger partial charge >= 0.3 is 6.16 Å². The number of benzene rings is 1. The van der Waals surface area contributed by atoms with Gasteiger partial charge in [0.2, 0.25) is 0 Å². The number of allylic oxidation sites excluding steroid dienone is 3. The van der Waals surface area contributed by atoms with E-state index in [9.17, 15) is 9.18 Å². The highest BCUT2D eigenvalue weighted by molar-refractivity contribution is 5.62. The van der Waals surface area contributed by atoms with Crippen molar-refractivity contribution in [2.45, 2.75) is 33.6 Å². The van der Waals surface area contributed by atoms with Crippen LogP contribution in [0.1, 0.15) is 39.2 Å². The minimum absolute atomic E-state index is 0.131. The Balaban J connectivity index is 2.43. The Bertz CT molecular complexity index is 632. The van der Waals surface area contributed by atoms with Crippen molar-refractivity contribution < 1.29 is 18.7 Å². The lowest BCUT2D eigenvalue weighted by atomic mass is 9.90. The van der Waals surface area contributed by atoms with Crippen LogP contribution in [0.5, 0.6) is 0 Å². The van der Waals surface area contributed by atoms with Gasteiger partial charge in [-0.1, -0.05) is 32.1 Å².